The molecule has 0 saturated heterocycles. The molecule has 0 spiro atoms. The second-order valence-corrected chi connectivity index (χ2v) is 6.52. The molecule has 0 aliphatic carbocycles. The number of ether oxygens (including phenoxy) is 1. The Kier molecular flexibility index (Phi) is 4.03. The highest BCUT2D eigenvalue weighted by atomic mass is 32.2. The molecular weight excluding hydrogens is 336 g/mol. The lowest BCUT2D eigenvalue weighted by molar-refractivity contribution is 0.318. The van der Waals surface area contributed by atoms with Crippen LogP contribution < -0.4 is 15.4 Å². The van der Waals surface area contributed by atoms with Crippen LogP contribution in [0.4, 0.5) is 0 Å². The third-order valence-corrected chi connectivity index (χ3v) is 4.10. The molecule has 0 amide bonds. The summed E-state index contributed by atoms with van der Waals surface area (Å²) in [6.07, 6.45) is 0.753. The maximum absolute atomic E-state index is 12.0. The molecule has 11 heteroatoms. The highest BCUT2D eigenvalue weighted by Crippen LogP contribution is 2.30. The van der Waals surface area contributed by atoms with E-state index < -0.39 is 15.6 Å². The Morgan fingerprint density at radius 3 is 2.79 bits per heavy atom. The standard InChI is InChI=1S/C13H14N6O4S/c1-2-5-23-9-4-3-7(24(14,21)22)6-8(9)11-15-12-10(13(20)16-11)17-19-18-12/h3-4,6H,2,5H2,1H3,(H2,14,21,22)(H2,15,16,17,18,19,20). The predicted molar refractivity (Wildman–Crippen MR) is 84.9 cm³/mol. The molecule has 0 aliphatic heterocycles. The first-order valence-electron chi connectivity index (χ1n) is 7.01. The maximum Gasteiger partial charge on any atom is 0.281 e. The Morgan fingerprint density at radius 2 is 2.08 bits per heavy atom. The Labute approximate surface area is 136 Å². The SMILES string of the molecule is CCCOc1ccc(S(N)(=O)=O)cc1-c1nc2n[nH]nc2c(=O)[nH]1. The van der Waals surface area contributed by atoms with Crippen molar-refractivity contribution < 1.29 is 13.2 Å². The number of fused-ring (bicyclic) bond motifs is 1. The van der Waals surface area contributed by atoms with E-state index in [0.29, 0.717) is 12.4 Å². The van der Waals surface area contributed by atoms with E-state index in [9.17, 15) is 13.2 Å². The van der Waals surface area contributed by atoms with Crippen molar-refractivity contribution in [2.24, 2.45) is 5.14 Å². The van der Waals surface area contributed by atoms with Gasteiger partial charge in [0.2, 0.25) is 15.7 Å². The fraction of sp³-hybridized carbons (Fsp3) is 0.231. The molecule has 0 saturated carbocycles. The minimum atomic E-state index is -3.92. The number of nitrogens with two attached hydrogens (primary N) is 1. The van der Waals surface area contributed by atoms with Gasteiger partial charge in [0.1, 0.15) is 11.6 Å². The van der Waals surface area contributed by atoms with Crippen LogP contribution in [0.2, 0.25) is 0 Å². The number of H-pyrrole nitrogens is 2. The van der Waals surface area contributed by atoms with Gasteiger partial charge in [-0.1, -0.05) is 6.92 Å². The molecule has 0 radical (unpaired) electrons. The molecule has 10 nitrogen and oxygen atoms in total. The summed E-state index contributed by atoms with van der Waals surface area (Å²) in [5.74, 6) is 0.480. The third-order valence-electron chi connectivity index (χ3n) is 3.19. The normalized spacial score (nSPS) is 11.8. The van der Waals surface area contributed by atoms with Crippen LogP contribution in [0.25, 0.3) is 22.6 Å². The minimum absolute atomic E-state index is 0.0531. The van der Waals surface area contributed by atoms with Crippen molar-refractivity contribution in [3.63, 3.8) is 0 Å². The summed E-state index contributed by atoms with van der Waals surface area (Å²) in [6.45, 7) is 2.35. The van der Waals surface area contributed by atoms with Gasteiger partial charge in [0.15, 0.2) is 5.52 Å². The number of rotatable bonds is 5. The second-order valence-electron chi connectivity index (χ2n) is 4.96. The first-order chi connectivity index (χ1) is 11.4. The minimum Gasteiger partial charge on any atom is -0.493 e. The molecule has 3 rings (SSSR count). The summed E-state index contributed by atoms with van der Waals surface area (Å²) < 4.78 is 28.8. The number of primary sulfonamides is 1. The van der Waals surface area contributed by atoms with Gasteiger partial charge in [-0.15, -0.1) is 10.2 Å². The van der Waals surface area contributed by atoms with E-state index in [2.05, 4.69) is 25.4 Å². The summed E-state index contributed by atoms with van der Waals surface area (Å²) in [6, 6.07) is 4.10. The molecule has 2 heterocycles. The molecule has 0 atom stereocenters. The van der Waals surface area contributed by atoms with Crippen LogP contribution >= 0.6 is 0 Å². The number of aromatic amines is 2. The molecule has 126 valence electrons. The van der Waals surface area contributed by atoms with Gasteiger partial charge in [0, 0.05) is 0 Å². The molecule has 24 heavy (non-hydrogen) atoms. The Morgan fingerprint density at radius 1 is 1.29 bits per heavy atom. The fourth-order valence-corrected chi connectivity index (χ4v) is 2.63. The monoisotopic (exact) mass is 350 g/mol. The van der Waals surface area contributed by atoms with Crippen LogP contribution in [-0.2, 0) is 10.0 Å². The zero-order chi connectivity index (χ0) is 17.3. The van der Waals surface area contributed by atoms with Gasteiger partial charge in [0.05, 0.1) is 17.1 Å². The van der Waals surface area contributed by atoms with E-state index in [-0.39, 0.29) is 27.4 Å². The van der Waals surface area contributed by atoms with Crippen molar-refractivity contribution in [2.45, 2.75) is 18.2 Å². The van der Waals surface area contributed by atoms with Crippen molar-refractivity contribution in [3.8, 4) is 17.1 Å². The average Bonchev–Trinajstić information content (AvgIpc) is 3.01. The quantitative estimate of drug-likeness (QED) is 0.590. The Hall–Kier alpha value is -2.79. The number of nitrogens with zero attached hydrogens (tertiary/aromatic N) is 3. The largest absolute Gasteiger partial charge is 0.493 e. The number of nitrogens with one attached hydrogen (secondary N) is 2. The van der Waals surface area contributed by atoms with E-state index in [1.807, 2.05) is 6.92 Å². The van der Waals surface area contributed by atoms with Gasteiger partial charge in [-0.05, 0) is 24.6 Å². The van der Waals surface area contributed by atoms with Crippen LogP contribution in [0.1, 0.15) is 13.3 Å². The van der Waals surface area contributed by atoms with Crippen LogP contribution in [0, 0.1) is 0 Å². The molecule has 0 fully saturated rings. The van der Waals surface area contributed by atoms with Crippen LogP contribution in [0.3, 0.4) is 0 Å². The predicted octanol–water partition coefficient (Wildman–Crippen LogP) is 0.144. The van der Waals surface area contributed by atoms with E-state index in [1.165, 1.54) is 18.2 Å². The van der Waals surface area contributed by atoms with Gasteiger partial charge in [0.25, 0.3) is 5.56 Å². The molecule has 0 bridgehead atoms. The van der Waals surface area contributed by atoms with Gasteiger partial charge in [-0.25, -0.2) is 18.5 Å². The lowest BCUT2D eigenvalue weighted by Crippen LogP contribution is -2.13. The van der Waals surface area contributed by atoms with Crippen molar-refractivity contribution in [2.75, 3.05) is 6.61 Å². The summed E-state index contributed by atoms with van der Waals surface area (Å²) >= 11 is 0. The van der Waals surface area contributed by atoms with Gasteiger partial charge in [-0.2, -0.15) is 5.21 Å². The molecule has 0 aliphatic rings. The summed E-state index contributed by atoms with van der Waals surface area (Å²) in [5.41, 5.74) is -0.0586. The van der Waals surface area contributed by atoms with E-state index in [4.69, 9.17) is 9.88 Å². The number of benzene rings is 1. The molecule has 0 unspecified atom stereocenters. The van der Waals surface area contributed by atoms with Crippen LogP contribution in [0.5, 0.6) is 5.75 Å². The average molecular weight is 350 g/mol. The first-order valence-corrected chi connectivity index (χ1v) is 8.55. The van der Waals surface area contributed by atoms with Crippen molar-refractivity contribution in [3.05, 3.63) is 28.6 Å². The zero-order valence-corrected chi connectivity index (χ0v) is 13.4. The van der Waals surface area contributed by atoms with Gasteiger partial charge in [-0.3, -0.25) is 4.79 Å². The summed E-state index contributed by atoms with van der Waals surface area (Å²) in [4.78, 5) is 18.6. The molecule has 1 aromatic carbocycles. The Bertz CT molecular complexity index is 1060. The molecule has 4 N–H and O–H groups in total. The molecule has 3 aromatic rings. The second kappa shape index (κ2) is 6.02. The lowest BCUT2D eigenvalue weighted by Gasteiger charge is -2.11. The highest BCUT2D eigenvalue weighted by molar-refractivity contribution is 7.89. The van der Waals surface area contributed by atoms with Crippen LogP contribution in [-0.4, -0.2) is 40.4 Å². The van der Waals surface area contributed by atoms with Crippen molar-refractivity contribution in [1.29, 1.82) is 0 Å². The van der Waals surface area contributed by atoms with E-state index in [1.54, 1.807) is 0 Å². The van der Waals surface area contributed by atoms with E-state index in [0.717, 1.165) is 6.42 Å². The smallest absolute Gasteiger partial charge is 0.281 e. The van der Waals surface area contributed by atoms with Crippen LogP contribution in [0.15, 0.2) is 27.9 Å². The number of hydrogen-bond acceptors (Lipinski definition) is 7. The first kappa shape index (κ1) is 16.1. The summed E-state index contributed by atoms with van der Waals surface area (Å²) in [7, 11) is -3.92. The fourth-order valence-electron chi connectivity index (χ4n) is 2.09. The number of aromatic nitrogens is 5. The van der Waals surface area contributed by atoms with Gasteiger partial charge >= 0.3 is 0 Å². The number of hydrogen-bond donors (Lipinski definition) is 3. The Balaban J connectivity index is 2.23. The van der Waals surface area contributed by atoms with Crippen molar-refractivity contribution in [1.82, 2.24) is 25.4 Å². The molecule has 2 aromatic heterocycles. The number of sulfonamides is 1. The van der Waals surface area contributed by atoms with Crippen molar-refractivity contribution >= 4 is 21.2 Å². The highest BCUT2D eigenvalue weighted by Gasteiger charge is 2.17. The third kappa shape index (κ3) is 2.98. The molecular formula is C13H14N6O4S. The zero-order valence-electron chi connectivity index (χ0n) is 12.6. The lowest BCUT2D eigenvalue weighted by atomic mass is 10.2. The van der Waals surface area contributed by atoms with E-state index >= 15 is 0 Å². The maximum atomic E-state index is 12.0. The topological polar surface area (TPSA) is 157 Å². The summed E-state index contributed by atoms with van der Waals surface area (Å²) in [5, 5.41) is 15.0. The van der Waals surface area contributed by atoms with Gasteiger partial charge < -0.3 is 9.72 Å².